The van der Waals surface area contributed by atoms with Crippen LogP contribution < -0.4 is 5.73 Å². The van der Waals surface area contributed by atoms with Crippen molar-refractivity contribution in [3.63, 3.8) is 0 Å². The van der Waals surface area contributed by atoms with Crippen LogP contribution in [-0.4, -0.2) is 13.2 Å². The van der Waals surface area contributed by atoms with Gasteiger partial charge in [0, 0.05) is 13.2 Å². The zero-order valence-electron chi connectivity index (χ0n) is 10.8. The van der Waals surface area contributed by atoms with E-state index in [-0.39, 0.29) is 6.10 Å². The third kappa shape index (κ3) is 4.47. The van der Waals surface area contributed by atoms with Crippen LogP contribution in [0.15, 0.2) is 18.2 Å². The molecule has 1 aromatic carbocycles. The molecule has 0 aliphatic heterocycles. The summed E-state index contributed by atoms with van der Waals surface area (Å²) in [6.07, 6.45) is -3.51. The molecule has 0 heterocycles. The molecule has 2 nitrogen and oxygen atoms in total. The predicted molar refractivity (Wildman–Crippen MR) is 64.0 cm³/mol. The molecule has 0 amide bonds. The Kier molecular flexibility index (Phi) is 5.31. The van der Waals surface area contributed by atoms with Crippen LogP contribution in [0, 0.1) is 5.82 Å². The van der Waals surface area contributed by atoms with Crippen molar-refractivity contribution >= 4 is 0 Å². The zero-order chi connectivity index (χ0) is 14.6. The molecule has 1 rings (SSSR count). The molecule has 0 saturated heterocycles. The summed E-state index contributed by atoms with van der Waals surface area (Å²) in [4.78, 5) is 0. The largest absolute Gasteiger partial charge is 0.419 e. The molecule has 0 fully saturated rings. The van der Waals surface area contributed by atoms with Crippen molar-refractivity contribution in [1.82, 2.24) is 0 Å². The van der Waals surface area contributed by atoms with Crippen LogP contribution in [0.2, 0.25) is 0 Å². The molecule has 6 heteroatoms. The first-order valence-electron chi connectivity index (χ1n) is 5.90. The molecule has 0 aromatic heterocycles. The molecule has 0 bridgehead atoms. The van der Waals surface area contributed by atoms with Crippen molar-refractivity contribution in [3.05, 3.63) is 35.1 Å². The van der Waals surface area contributed by atoms with Crippen LogP contribution in [0.1, 0.15) is 36.9 Å². The van der Waals surface area contributed by atoms with E-state index in [9.17, 15) is 17.6 Å². The summed E-state index contributed by atoms with van der Waals surface area (Å²) in [7, 11) is 1.56. The summed E-state index contributed by atoms with van der Waals surface area (Å²) in [5.41, 5.74) is 4.91. The fourth-order valence-electron chi connectivity index (χ4n) is 1.69. The summed E-state index contributed by atoms with van der Waals surface area (Å²) in [5.74, 6) is -1.29. The fraction of sp³-hybridized carbons (Fsp3) is 0.538. The Bertz CT molecular complexity index is 420. The van der Waals surface area contributed by atoms with Gasteiger partial charge in [-0.3, -0.25) is 0 Å². The number of methoxy groups -OCH3 is 1. The number of halogens is 4. The molecule has 0 aliphatic carbocycles. The molecule has 1 aromatic rings. The minimum atomic E-state index is -4.68. The number of nitrogens with two attached hydrogens (primary N) is 1. The lowest BCUT2D eigenvalue weighted by atomic mass is 9.99. The second-order valence-electron chi connectivity index (χ2n) is 4.47. The quantitative estimate of drug-likeness (QED) is 0.835. The lowest BCUT2D eigenvalue weighted by Gasteiger charge is -2.16. The molecule has 0 aliphatic rings. The summed E-state index contributed by atoms with van der Waals surface area (Å²) >= 11 is 0. The highest BCUT2D eigenvalue weighted by atomic mass is 19.4. The fourth-order valence-corrected chi connectivity index (χ4v) is 1.69. The maximum absolute atomic E-state index is 13.4. The molecule has 108 valence electrons. The van der Waals surface area contributed by atoms with Gasteiger partial charge in [-0.25, -0.2) is 4.39 Å². The van der Waals surface area contributed by atoms with Crippen LogP contribution >= 0.6 is 0 Å². The van der Waals surface area contributed by atoms with Gasteiger partial charge in [0.2, 0.25) is 0 Å². The number of ether oxygens (including phenoxy) is 1. The van der Waals surface area contributed by atoms with Gasteiger partial charge < -0.3 is 10.5 Å². The van der Waals surface area contributed by atoms with E-state index in [0.717, 1.165) is 12.1 Å². The number of hydrogen-bond acceptors (Lipinski definition) is 2. The Labute approximate surface area is 109 Å². The SMILES string of the molecule is COC(C)CCC(N)c1ccc(C(F)(F)F)c(F)c1. The van der Waals surface area contributed by atoms with Gasteiger partial charge in [-0.2, -0.15) is 13.2 Å². The second kappa shape index (κ2) is 6.34. The Morgan fingerprint density at radius 3 is 2.37 bits per heavy atom. The smallest absolute Gasteiger partial charge is 0.382 e. The summed E-state index contributed by atoms with van der Waals surface area (Å²) in [5, 5.41) is 0. The van der Waals surface area contributed by atoms with E-state index in [0.29, 0.717) is 18.4 Å². The third-order valence-electron chi connectivity index (χ3n) is 3.01. The summed E-state index contributed by atoms with van der Waals surface area (Å²) in [6, 6.07) is 2.29. The van der Waals surface area contributed by atoms with E-state index in [1.54, 1.807) is 7.11 Å². The highest BCUT2D eigenvalue weighted by molar-refractivity contribution is 5.28. The summed E-state index contributed by atoms with van der Waals surface area (Å²) in [6.45, 7) is 1.86. The van der Waals surface area contributed by atoms with Gasteiger partial charge >= 0.3 is 6.18 Å². The maximum atomic E-state index is 13.4. The van der Waals surface area contributed by atoms with Crippen molar-refractivity contribution in [3.8, 4) is 0 Å². The molecule has 2 atom stereocenters. The molecule has 19 heavy (non-hydrogen) atoms. The van der Waals surface area contributed by atoms with Gasteiger partial charge in [0.05, 0.1) is 11.7 Å². The van der Waals surface area contributed by atoms with Crippen molar-refractivity contribution in [2.24, 2.45) is 5.73 Å². The highest BCUT2D eigenvalue weighted by Crippen LogP contribution is 2.32. The van der Waals surface area contributed by atoms with Gasteiger partial charge in [0.1, 0.15) is 5.82 Å². The molecule has 2 N–H and O–H groups in total. The van der Waals surface area contributed by atoms with Gasteiger partial charge in [-0.15, -0.1) is 0 Å². The lowest BCUT2D eigenvalue weighted by Crippen LogP contribution is -2.15. The van der Waals surface area contributed by atoms with E-state index in [2.05, 4.69) is 0 Å². The maximum Gasteiger partial charge on any atom is 0.419 e. The number of rotatable bonds is 5. The Balaban J connectivity index is 2.78. The van der Waals surface area contributed by atoms with Crippen LogP contribution in [0.3, 0.4) is 0 Å². The van der Waals surface area contributed by atoms with E-state index >= 15 is 0 Å². The second-order valence-corrected chi connectivity index (χ2v) is 4.47. The number of alkyl halides is 3. The molecular formula is C13H17F4NO. The van der Waals surface area contributed by atoms with Gasteiger partial charge in [0.15, 0.2) is 0 Å². The van der Waals surface area contributed by atoms with Crippen LogP contribution in [0.25, 0.3) is 0 Å². The first kappa shape index (κ1) is 15.9. The van der Waals surface area contributed by atoms with Gasteiger partial charge in [-0.05, 0) is 37.5 Å². The third-order valence-corrected chi connectivity index (χ3v) is 3.01. The van der Waals surface area contributed by atoms with Crippen molar-refractivity contribution < 1.29 is 22.3 Å². The molecule has 2 unspecified atom stereocenters. The van der Waals surface area contributed by atoms with Crippen LogP contribution in [-0.2, 0) is 10.9 Å². The average Bonchev–Trinajstić information content (AvgIpc) is 2.33. The van der Waals surface area contributed by atoms with E-state index in [4.69, 9.17) is 10.5 Å². The van der Waals surface area contributed by atoms with E-state index < -0.39 is 23.6 Å². The lowest BCUT2D eigenvalue weighted by molar-refractivity contribution is -0.140. The minimum Gasteiger partial charge on any atom is -0.382 e. The van der Waals surface area contributed by atoms with Crippen molar-refractivity contribution in [2.75, 3.05) is 7.11 Å². The Morgan fingerprint density at radius 1 is 1.26 bits per heavy atom. The van der Waals surface area contributed by atoms with Crippen LogP contribution in [0.5, 0.6) is 0 Å². The van der Waals surface area contributed by atoms with E-state index in [1.807, 2.05) is 6.92 Å². The van der Waals surface area contributed by atoms with Gasteiger partial charge in [-0.1, -0.05) is 6.07 Å². The predicted octanol–water partition coefficient (Wildman–Crippen LogP) is 3.66. The Hall–Kier alpha value is -1.14. The van der Waals surface area contributed by atoms with Crippen molar-refractivity contribution in [2.45, 2.75) is 38.1 Å². The topological polar surface area (TPSA) is 35.2 Å². The highest BCUT2D eigenvalue weighted by Gasteiger charge is 2.34. The first-order chi connectivity index (χ1) is 8.75. The average molecular weight is 279 g/mol. The normalized spacial score (nSPS) is 15.3. The standard InChI is InChI=1S/C13H17F4NO/c1-8(19-2)3-6-12(18)9-4-5-10(11(14)7-9)13(15,16)17/h4-5,7-8,12H,3,6,18H2,1-2H3. The molecule has 0 radical (unpaired) electrons. The molecule has 0 saturated carbocycles. The first-order valence-corrected chi connectivity index (χ1v) is 5.90. The minimum absolute atomic E-state index is 0.00495. The van der Waals surface area contributed by atoms with E-state index in [1.165, 1.54) is 6.07 Å². The number of benzene rings is 1. The molecular weight excluding hydrogens is 262 g/mol. The monoisotopic (exact) mass is 279 g/mol. The zero-order valence-corrected chi connectivity index (χ0v) is 10.8. The van der Waals surface area contributed by atoms with Gasteiger partial charge in [0.25, 0.3) is 0 Å². The molecule has 0 spiro atoms. The van der Waals surface area contributed by atoms with Crippen LogP contribution in [0.4, 0.5) is 17.6 Å². The number of hydrogen-bond donors (Lipinski definition) is 1. The van der Waals surface area contributed by atoms with Crippen molar-refractivity contribution in [1.29, 1.82) is 0 Å². The summed E-state index contributed by atoms with van der Waals surface area (Å²) < 4.78 is 55.6. The Morgan fingerprint density at radius 2 is 1.89 bits per heavy atom.